The van der Waals surface area contributed by atoms with E-state index in [4.69, 9.17) is 10.2 Å². The Hall–Kier alpha value is -1.84. The van der Waals surface area contributed by atoms with Crippen molar-refractivity contribution in [2.24, 2.45) is 0 Å². The molecule has 4 heteroatoms. The Balaban J connectivity index is 2.40. The number of hydrogen-bond donors (Lipinski definition) is 2. The number of benzene rings is 1. The monoisotopic (exact) mass is 446 g/mol. The molecule has 0 spiro atoms. The van der Waals surface area contributed by atoms with Crippen LogP contribution in [0, 0.1) is 0 Å². The van der Waals surface area contributed by atoms with Crippen molar-refractivity contribution < 1.29 is 19.8 Å². The fourth-order valence-corrected chi connectivity index (χ4v) is 4.43. The van der Waals surface area contributed by atoms with E-state index < -0.39 is 11.9 Å². The number of carboxylic acid groups (broad SMARTS) is 2. The molecule has 0 saturated heterocycles. The predicted octanol–water partition coefficient (Wildman–Crippen LogP) is 7.74. The van der Waals surface area contributed by atoms with Crippen molar-refractivity contribution in [1.29, 1.82) is 0 Å². The summed E-state index contributed by atoms with van der Waals surface area (Å²) in [4.78, 5) is 21.2. The van der Waals surface area contributed by atoms with Gasteiger partial charge in [0.2, 0.25) is 0 Å². The first-order valence-corrected chi connectivity index (χ1v) is 13.1. The molecule has 4 nitrogen and oxygen atoms in total. The molecule has 0 unspecified atom stereocenters. The minimum absolute atomic E-state index is 0.302. The van der Waals surface area contributed by atoms with Crippen LogP contribution >= 0.6 is 0 Å². The second-order valence-electron chi connectivity index (χ2n) is 9.19. The molecule has 1 rings (SSSR count). The smallest absolute Gasteiger partial charge is 0.303 e. The van der Waals surface area contributed by atoms with Crippen LogP contribution in [0.2, 0.25) is 0 Å². The van der Waals surface area contributed by atoms with Crippen LogP contribution in [0.25, 0.3) is 0 Å². The standard InChI is InChI=1S/C28H46O4/c1-2-3-17-24-19-16-20-25(18-12-8-4-6-10-14-22-27(29)30)26(24)21-13-9-5-7-11-15-23-28(31)32/h16,19-20H,2-15,17-18,21-23H2,1H3,(H,29,30)(H,31,32). The van der Waals surface area contributed by atoms with Gasteiger partial charge in [0, 0.05) is 12.8 Å². The molecule has 0 fully saturated rings. The van der Waals surface area contributed by atoms with Gasteiger partial charge in [0.25, 0.3) is 0 Å². The first kappa shape index (κ1) is 28.2. The van der Waals surface area contributed by atoms with Gasteiger partial charge >= 0.3 is 11.9 Å². The summed E-state index contributed by atoms with van der Waals surface area (Å²) < 4.78 is 0. The molecule has 2 N–H and O–H groups in total. The maximum atomic E-state index is 10.6. The fraction of sp³-hybridized carbons (Fsp3) is 0.714. The topological polar surface area (TPSA) is 74.6 Å². The normalized spacial score (nSPS) is 11.0. The van der Waals surface area contributed by atoms with Crippen LogP contribution in [-0.2, 0) is 28.9 Å². The zero-order valence-corrected chi connectivity index (χ0v) is 20.4. The third kappa shape index (κ3) is 14.3. The molecule has 0 aliphatic heterocycles. The molecule has 1 aromatic rings. The van der Waals surface area contributed by atoms with Gasteiger partial charge in [-0.1, -0.05) is 82.9 Å². The zero-order chi connectivity index (χ0) is 23.4. The van der Waals surface area contributed by atoms with E-state index in [0.717, 1.165) is 44.9 Å². The first-order valence-electron chi connectivity index (χ1n) is 13.1. The van der Waals surface area contributed by atoms with Gasteiger partial charge in [-0.15, -0.1) is 0 Å². The predicted molar refractivity (Wildman–Crippen MR) is 132 cm³/mol. The van der Waals surface area contributed by atoms with E-state index in [1.54, 1.807) is 11.1 Å². The summed E-state index contributed by atoms with van der Waals surface area (Å²) in [5, 5.41) is 17.4. The molecule has 0 amide bonds. The lowest BCUT2D eigenvalue weighted by Crippen LogP contribution is -2.02. The summed E-state index contributed by atoms with van der Waals surface area (Å²) in [6, 6.07) is 6.88. The molecule has 0 aliphatic rings. The molecule has 0 bridgehead atoms. The van der Waals surface area contributed by atoms with E-state index >= 15 is 0 Å². The Bertz CT molecular complexity index is 638. The van der Waals surface area contributed by atoms with Crippen LogP contribution < -0.4 is 0 Å². The summed E-state index contributed by atoms with van der Waals surface area (Å²) in [7, 11) is 0. The Morgan fingerprint density at radius 1 is 0.594 bits per heavy atom. The van der Waals surface area contributed by atoms with Crippen molar-refractivity contribution in [3.63, 3.8) is 0 Å². The van der Waals surface area contributed by atoms with E-state index in [1.807, 2.05) is 0 Å². The van der Waals surface area contributed by atoms with Gasteiger partial charge in [0.1, 0.15) is 0 Å². The first-order chi connectivity index (χ1) is 15.5. The molecule has 0 aromatic heterocycles. The van der Waals surface area contributed by atoms with Gasteiger partial charge < -0.3 is 10.2 Å². The van der Waals surface area contributed by atoms with Gasteiger partial charge in [-0.3, -0.25) is 9.59 Å². The highest BCUT2D eigenvalue weighted by Crippen LogP contribution is 2.23. The number of carboxylic acids is 2. The van der Waals surface area contributed by atoms with Gasteiger partial charge in [-0.25, -0.2) is 0 Å². The minimum Gasteiger partial charge on any atom is -0.481 e. The van der Waals surface area contributed by atoms with Crippen LogP contribution in [-0.4, -0.2) is 22.2 Å². The van der Waals surface area contributed by atoms with Crippen molar-refractivity contribution in [2.45, 2.75) is 129 Å². The Labute approximate surface area is 195 Å². The largest absolute Gasteiger partial charge is 0.481 e. The van der Waals surface area contributed by atoms with Crippen LogP contribution in [0.5, 0.6) is 0 Å². The van der Waals surface area contributed by atoms with E-state index in [2.05, 4.69) is 25.1 Å². The van der Waals surface area contributed by atoms with E-state index in [1.165, 1.54) is 69.8 Å². The minimum atomic E-state index is -0.682. The Morgan fingerprint density at radius 2 is 1.00 bits per heavy atom. The van der Waals surface area contributed by atoms with E-state index in [0.29, 0.717) is 12.8 Å². The molecular weight excluding hydrogens is 400 g/mol. The van der Waals surface area contributed by atoms with Crippen LogP contribution in [0.4, 0.5) is 0 Å². The average Bonchev–Trinajstić information content (AvgIpc) is 2.76. The highest BCUT2D eigenvalue weighted by molar-refractivity contribution is 5.66. The summed E-state index contributed by atoms with van der Waals surface area (Å²) in [5.74, 6) is -1.36. The summed E-state index contributed by atoms with van der Waals surface area (Å²) in [6.45, 7) is 2.25. The number of aryl methyl sites for hydroxylation is 2. The van der Waals surface area contributed by atoms with Crippen LogP contribution in [0.3, 0.4) is 0 Å². The maximum absolute atomic E-state index is 10.6. The molecule has 0 radical (unpaired) electrons. The molecule has 182 valence electrons. The van der Waals surface area contributed by atoms with Crippen molar-refractivity contribution in [3.05, 3.63) is 34.9 Å². The average molecular weight is 447 g/mol. The highest BCUT2D eigenvalue weighted by atomic mass is 16.4. The quantitative estimate of drug-likeness (QED) is 0.189. The summed E-state index contributed by atoms with van der Waals surface area (Å²) in [6.07, 6.45) is 19.8. The number of carbonyl (C=O) groups is 2. The second kappa shape index (κ2) is 18.7. The second-order valence-corrected chi connectivity index (χ2v) is 9.19. The summed E-state index contributed by atoms with van der Waals surface area (Å²) >= 11 is 0. The lowest BCUT2D eigenvalue weighted by Gasteiger charge is -2.15. The number of hydrogen-bond acceptors (Lipinski definition) is 2. The molecule has 32 heavy (non-hydrogen) atoms. The Morgan fingerprint density at radius 3 is 1.47 bits per heavy atom. The molecule has 0 heterocycles. The fourth-order valence-electron chi connectivity index (χ4n) is 4.43. The van der Waals surface area contributed by atoms with Crippen LogP contribution in [0.15, 0.2) is 18.2 Å². The number of unbranched alkanes of at least 4 members (excludes halogenated alkanes) is 11. The number of aliphatic carboxylic acids is 2. The molecule has 0 saturated carbocycles. The van der Waals surface area contributed by atoms with Crippen molar-refractivity contribution in [2.75, 3.05) is 0 Å². The van der Waals surface area contributed by atoms with Crippen molar-refractivity contribution in [3.8, 4) is 0 Å². The lowest BCUT2D eigenvalue weighted by molar-refractivity contribution is -0.138. The van der Waals surface area contributed by atoms with Gasteiger partial charge in [0.15, 0.2) is 0 Å². The molecule has 0 aliphatic carbocycles. The van der Waals surface area contributed by atoms with Gasteiger partial charge in [0.05, 0.1) is 0 Å². The van der Waals surface area contributed by atoms with Crippen molar-refractivity contribution in [1.82, 2.24) is 0 Å². The lowest BCUT2D eigenvalue weighted by atomic mass is 9.90. The van der Waals surface area contributed by atoms with E-state index in [9.17, 15) is 9.59 Å². The number of rotatable bonds is 21. The SMILES string of the molecule is CCCCc1cccc(CCCCCCCCC(=O)O)c1CCCCCCCCC(=O)O. The maximum Gasteiger partial charge on any atom is 0.303 e. The van der Waals surface area contributed by atoms with Crippen molar-refractivity contribution >= 4 is 11.9 Å². The van der Waals surface area contributed by atoms with Gasteiger partial charge in [-0.05, 0) is 68.1 Å². The third-order valence-corrected chi connectivity index (χ3v) is 6.32. The Kier molecular flexibility index (Phi) is 16.5. The van der Waals surface area contributed by atoms with Gasteiger partial charge in [-0.2, -0.15) is 0 Å². The van der Waals surface area contributed by atoms with Crippen LogP contribution in [0.1, 0.15) is 126 Å². The third-order valence-electron chi connectivity index (χ3n) is 6.32. The molecular formula is C28H46O4. The molecule has 0 atom stereocenters. The zero-order valence-electron chi connectivity index (χ0n) is 20.4. The van der Waals surface area contributed by atoms with E-state index in [-0.39, 0.29) is 0 Å². The molecule has 1 aromatic carbocycles. The highest BCUT2D eigenvalue weighted by Gasteiger charge is 2.09. The summed E-state index contributed by atoms with van der Waals surface area (Å²) in [5.41, 5.74) is 4.67.